The minimum atomic E-state index is 0.740. The van der Waals surface area contributed by atoms with Crippen LogP contribution in [0.2, 0.25) is 0 Å². The molecular weight excluding hydrogens is 248 g/mol. The van der Waals surface area contributed by atoms with Gasteiger partial charge in [0.1, 0.15) is 5.75 Å². The second-order valence-electron chi connectivity index (χ2n) is 6.09. The van der Waals surface area contributed by atoms with Crippen molar-refractivity contribution in [3.8, 4) is 5.75 Å². The highest BCUT2D eigenvalue weighted by atomic mass is 16.5. The SMILES string of the molecule is CNC1CC2CCC(C1)N2CCCOc1ccccc1. The average molecular weight is 274 g/mol. The van der Waals surface area contributed by atoms with Gasteiger partial charge in [-0.15, -0.1) is 0 Å². The Morgan fingerprint density at radius 1 is 1.15 bits per heavy atom. The number of benzene rings is 1. The van der Waals surface area contributed by atoms with Crippen LogP contribution < -0.4 is 10.1 Å². The van der Waals surface area contributed by atoms with Crippen LogP contribution in [0.25, 0.3) is 0 Å². The summed E-state index contributed by atoms with van der Waals surface area (Å²) in [5.74, 6) is 0.990. The van der Waals surface area contributed by atoms with Crippen molar-refractivity contribution < 1.29 is 4.74 Å². The van der Waals surface area contributed by atoms with Crippen LogP contribution in [0, 0.1) is 0 Å². The number of para-hydroxylation sites is 1. The lowest BCUT2D eigenvalue weighted by Crippen LogP contribution is -2.48. The molecule has 2 atom stereocenters. The molecule has 0 aromatic heterocycles. The summed E-state index contributed by atoms with van der Waals surface area (Å²) in [5.41, 5.74) is 0. The van der Waals surface area contributed by atoms with Crippen molar-refractivity contribution >= 4 is 0 Å². The number of nitrogens with one attached hydrogen (secondary N) is 1. The second kappa shape index (κ2) is 6.59. The fraction of sp³-hybridized carbons (Fsp3) is 0.647. The molecular formula is C17H26N2O. The van der Waals surface area contributed by atoms with Gasteiger partial charge < -0.3 is 10.1 Å². The molecule has 2 saturated heterocycles. The molecule has 2 fully saturated rings. The Balaban J connectivity index is 1.41. The van der Waals surface area contributed by atoms with Gasteiger partial charge in [-0.3, -0.25) is 4.90 Å². The van der Waals surface area contributed by atoms with E-state index in [0.29, 0.717) is 0 Å². The van der Waals surface area contributed by atoms with E-state index in [4.69, 9.17) is 4.74 Å². The molecule has 0 aliphatic carbocycles. The molecule has 0 saturated carbocycles. The lowest BCUT2D eigenvalue weighted by atomic mass is 9.97. The average Bonchev–Trinajstić information content (AvgIpc) is 2.73. The van der Waals surface area contributed by atoms with E-state index >= 15 is 0 Å². The fourth-order valence-electron chi connectivity index (χ4n) is 3.83. The van der Waals surface area contributed by atoms with E-state index in [1.165, 1.54) is 32.2 Å². The van der Waals surface area contributed by atoms with Crippen LogP contribution in [0.5, 0.6) is 5.75 Å². The van der Waals surface area contributed by atoms with Crippen molar-refractivity contribution in [2.45, 2.75) is 50.2 Å². The first-order valence-electron chi connectivity index (χ1n) is 7.97. The first kappa shape index (κ1) is 13.9. The molecule has 0 amide bonds. The Morgan fingerprint density at radius 2 is 1.85 bits per heavy atom. The molecule has 3 rings (SSSR count). The zero-order valence-corrected chi connectivity index (χ0v) is 12.4. The molecule has 1 aromatic rings. The molecule has 1 N–H and O–H groups in total. The number of ether oxygens (including phenoxy) is 1. The number of fused-ring (bicyclic) bond motifs is 2. The Labute approximate surface area is 122 Å². The van der Waals surface area contributed by atoms with Gasteiger partial charge >= 0.3 is 0 Å². The van der Waals surface area contributed by atoms with Gasteiger partial charge in [0, 0.05) is 24.7 Å². The smallest absolute Gasteiger partial charge is 0.119 e. The Bertz CT molecular complexity index is 395. The van der Waals surface area contributed by atoms with Crippen molar-refractivity contribution in [1.29, 1.82) is 0 Å². The number of rotatable bonds is 6. The fourth-order valence-corrected chi connectivity index (χ4v) is 3.83. The van der Waals surface area contributed by atoms with Gasteiger partial charge in [0.25, 0.3) is 0 Å². The lowest BCUT2D eigenvalue weighted by Gasteiger charge is -2.38. The van der Waals surface area contributed by atoms with Crippen LogP contribution in [0.15, 0.2) is 30.3 Å². The standard InChI is InChI=1S/C17H26N2O/c1-18-14-12-15-8-9-16(13-14)19(15)10-5-11-20-17-6-3-2-4-7-17/h2-4,6-7,14-16,18H,5,8-13H2,1H3. The number of piperidine rings is 1. The molecule has 0 spiro atoms. The maximum atomic E-state index is 5.79. The van der Waals surface area contributed by atoms with Gasteiger partial charge in [-0.1, -0.05) is 18.2 Å². The molecule has 0 radical (unpaired) electrons. The minimum Gasteiger partial charge on any atom is -0.494 e. The zero-order chi connectivity index (χ0) is 13.8. The highest BCUT2D eigenvalue weighted by Gasteiger charge is 2.39. The largest absolute Gasteiger partial charge is 0.494 e. The quantitative estimate of drug-likeness (QED) is 0.807. The van der Waals surface area contributed by atoms with Gasteiger partial charge in [-0.2, -0.15) is 0 Å². The maximum Gasteiger partial charge on any atom is 0.119 e. The Morgan fingerprint density at radius 3 is 2.50 bits per heavy atom. The van der Waals surface area contributed by atoms with Gasteiger partial charge in [0.05, 0.1) is 6.61 Å². The van der Waals surface area contributed by atoms with E-state index in [0.717, 1.165) is 36.9 Å². The van der Waals surface area contributed by atoms with E-state index in [-0.39, 0.29) is 0 Å². The van der Waals surface area contributed by atoms with Gasteiger partial charge in [-0.05, 0) is 51.3 Å². The summed E-state index contributed by atoms with van der Waals surface area (Å²) in [5, 5.41) is 3.46. The van der Waals surface area contributed by atoms with Crippen LogP contribution in [0.1, 0.15) is 32.1 Å². The first-order chi connectivity index (χ1) is 9.86. The monoisotopic (exact) mass is 274 g/mol. The van der Waals surface area contributed by atoms with Crippen molar-refractivity contribution in [3.63, 3.8) is 0 Å². The van der Waals surface area contributed by atoms with E-state index in [2.05, 4.69) is 17.3 Å². The molecule has 3 nitrogen and oxygen atoms in total. The summed E-state index contributed by atoms with van der Waals surface area (Å²) in [4.78, 5) is 2.74. The maximum absolute atomic E-state index is 5.79. The third-order valence-electron chi connectivity index (χ3n) is 4.87. The Kier molecular flexibility index (Phi) is 4.58. The van der Waals surface area contributed by atoms with Crippen molar-refractivity contribution in [2.75, 3.05) is 20.2 Å². The zero-order valence-electron chi connectivity index (χ0n) is 12.4. The molecule has 2 bridgehead atoms. The van der Waals surface area contributed by atoms with Gasteiger partial charge in [-0.25, -0.2) is 0 Å². The third kappa shape index (κ3) is 3.15. The van der Waals surface area contributed by atoms with E-state index in [9.17, 15) is 0 Å². The van der Waals surface area contributed by atoms with Crippen LogP contribution >= 0.6 is 0 Å². The lowest BCUT2D eigenvalue weighted by molar-refractivity contribution is 0.111. The number of nitrogens with zero attached hydrogens (tertiary/aromatic N) is 1. The van der Waals surface area contributed by atoms with E-state index < -0.39 is 0 Å². The molecule has 20 heavy (non-hydrogen) atoms. The Hall–Kier alpha value is -1.06. The highest BCUT2D eigenvalue weighted by Crippen LogP contribution is 2.35. The number of hydrogen-bond acceptors (Lipinski definition) is 3. The molecule has 2 aliphatic heterocycles. The predicted octanol–water partition coefficient (Wildman–Crippen LogP) is 2.67. The normalized spacial score (nSPS) is 29.6. The minimum absolute atomic E-state index is 0.740. The molecule has 1 aromatic carbocycles. The van der Waals surface area contributed by atoms with E-state index in [1.807, 2.05) is 30.3 Å². The summed E-state index contributed by atoms with van der Waals surface area (Å²) >= 11 is 0. The highest BCUT2D eigenvalue weighted by molar-refractivity contribution is 5.20. The van der Waals surface area contributed by atoms with Crippen molar-refractivity contribution in [3.05, 3.63) is 30.3 Å². The molecule has 2 heterocycles. The van der Waals surface area contributed by atoms with Crippen LogP contribution in [0.3, 0.4) is 0 Å². The van der Waals surface area contributed by atoms with Gasteiger partial charge in [0.15, 0.2) is 0 Å². The summed E-state index contributed by atoms with van der Waals surface area (Å²) in [6.45, 7) is 2.02. The van der Waals surface area contributed by atoms with Crippen molar-refractivity contribution in [2.24, 2.45) is 0 Å². The van der Waals surface area contributed by atoms with Crippen LogP contribution in [0.4, 0.5) is 0 Å². The summed E-state index contributed by atoms with van der Waals surface area (Å²) in [7, 11) is 2.10. The molecule has 2 aliphatic rings. The van der Waals surface area contributed by atoms with Crippen LogP contribution in [-0.4, -0.2) is 43.2 Å². The summed E-state index contributed by atoms with van der Waals surface area (Å²) in [6.07, 6.45) is 6.57. The summed E-state index contributed by atoms with van der Waals surface area (Å²) in [6, 6.07) is 12.5. The topological polar surface area (TPSA) is 24.5 Å². The molecule has 110 valence electrons. The molecule has 3 heteroatoms. The first-order valence-corrected chi connectivity index (χ1v) is 7.97. The van der Waals surface area contributed by atoms with Crippen LogP contribution in [-0.2, 0) is 0 Å². The second-order valence-corrected chi connectivity index (χ2v) is 6.09. The third-order valence-corrected chi connectivity index (χ3v) is 4.87. The van der Waals surface area contributed by atoms with E-state index in [1.54, 1.807) is 0 Å². The molecule has 2 unspecified atom stereocenters. The van der Waals surface area contributed by atoms with Gasteiger partial charge in [0.2, 0.25) is 0 Å². The van der Waals surface area contributed by atoms with Crippen molar-refractivity contribution in [1.82, 2.24) is 10.2 Å². The summed E-state index contributed by atoms with van der Waals surface area (Å²) < 4.78 is 5.79. The number of hydrogen-bond donors (Lipinski definition) is 1. The predicted molar refractivity (Wildman–Crippen MR) is 82.2 cm³/mol.